The largest absolute Gasteiger partial charge is 0.0833 e. The van der Waals surface area contributed by atoms with Crippen molar-refractivity contribution in [2.75, 3.05) is 0 Å². The molecule has 0 N–H and O–H groups in total. The van der Waals surface area contributed by atoms with Crippen LogP contribution in [0.15, 0.2) is 42.5 Å². The normalized spacial score (nSPS) is 19.1. The van der Waals surface area contributed by atoms with Crippen molar-refractivity contribution in [2.24, 2.45) is 0 Å². The number of hydrogen-bond donors (Lipinski definition) is 0. The van der Waals surface area contributed by atoms with Crippen LogP contribution in [-0.2, 0) is 0 Å². The SMILES string of the molecule is CC1CC=Cc2cc3ccccc3cc21. The molecule has 74 valence electrons. The predicted octanol–water partition coefficient (Wildman–Crippen LogP) is 4.36. The van der Waals surface area contributed by atoms with Gasteiger partial charge in [0.25, 0.3) is 0 Å². The van der Waals surface area contributed by atoms with Crippen LogP contribution >= 0.6 is 0 Å². The summed E-state index contributed by atoms with van der Waals surface area (Å²) in [5.41, 5.74) is 2.89. The molecule has 0 saturated heterocycles. The molecule has 0 bridgehead atoms. The van der Waals surface area contributed by atoms with Gasteiger partial charge in [0.2, 0.25) is 0 Å². The van der Waals surface area contributed by atoms with Gasteiger partial charge in [-0.3, -0.25) is 0 Å². The van der Waals surface area contributed by atoms with Gasteiger partial charge in [-0.1, -0.05) is 49.4 Å². The highest BCUT2D eigenvalue weighted by Crippen LogP contribution is 2.32. The van der Waals surface area contributed by atoms with Crippen LogP contribution in [0.4, 0.5) is 0 Å². The highest BCUT2D eigenvalue weighted by atomic mass is 14.2. The van der Waals surface area contributed by atoms with Crippen LogP contribution in [-0.4, -0.2) is 0 Å². The number of allylic oxidation sites excluding steroid dienone is 1. The lowest BCUT2D eigenvalue weighted by Crippen LogP contribution is -1.99. The Balaban J connectivity index is 2.33. The monoisotopic (exact) mass is 194 g/mol. The van der Waals surface area contributed by atoms with Crippen LogP contribution in [0.5, 0.6) is 0 Å². The van der Waals surface area contributed by atoms with Gasteiger partial charge in [0.1, 0.15) is 0 Å². The molecule has 1 aliphatic rings. The summed E-state index contributed by atoms with van der Waals surface area (Å²) >= 11 is 0. The summed E-state index contributed by atoms with van der Waals surface area (Å²) in [6, 6.07) is 13.2. The highest BCUT2D eigenvalue weighted by molar-refractivity contribution is 5.86. The van der Waals surface area contributed by atoms with Gasteiger partial charge >= 0.3 is 0 Å². The maximum absolute atomic E-state index is 2.35. The van der Waals surface area contributed by atoms with Gasteiger partial charge in [0, 0.05) is 0 Å². The standard InChI is InChI=1S/C15H14/c1-11-5-4-8-14-9-12-6-2-3-7-13(12)10-15(11)14/h2-4,6-11H,5H2,1H3. The first-order valence-corrected chi connectivity index (χ1v) is 5.54. The molecule has 1 aliphatic carbocycles. The van der Waals surface area contributed by atoms with Gasteiger partial charge in [0.05, 0.1) is 0 Å². The fourth-order valence-corrected chi connectivity index (χ4v) is 2.37. The van der Waals surface area contributed by atoms with Crippen molar-refractivity contribution in [2.45, 2.75) is 19.3 Å². The molecule has 0 amide bonds. The van der Waals surface area contributed by atoms with Crippen LogP contribution in [0.25, 0.3) is 16.8 Å². The molecule has 3 rings (SSSR count). The second-order valence-corrected chi connectivity index (χ2v) is 4.37. The van der Waals surface area contributed by atoms with Crippen molar-refractivity contribution in [3.63, 3.8) is 0 Å². The lowest BCUT2D eigenvalue weighted by atomic mass is 9.87. The minimum Gasteiger partial charge on any atom is -0.0833 e. The van der Waals surface area contributed by atoms with E-state index in [0.717, 1.165) is 0 Å². The Labute approximate surface area is 90.2 Å². The molecule has 0 fully saturated rings. The zero-order chi connectivity index (χ0) is 10.3. The summed E-state index contributed by atoms with van der Waals surface area (Å²) in [6.45, 7) is 2.30. The Bertz CT molecular complexity index is 535. The Morgan fingerprint density at radius 3 is 2.60 bits per heavy atom. The molecule has 0 nitrogen and oxygen atoms in total. The maximum Gasteiger partial charge on any atom is -0.0150 e. The average Bonchev–Trinajstić information content (AvgIpc) is 2.27. The third-order valence-corrected chi connectivity index (χ3v) is 3.27. The highest BCUT2D eigenvalue weighted by Gasteiger charge is 2.12. The van der Waals surface area contributed by atoms with Crippen molar-refractivity contribution in [1.29, 1.82) is 0 Å². The number of fused-ring (bicyclic) bond motifs is 2. The molecule has 2 aromatic carbocycles. The molecular formula is C15H14. The van der Waals surface area contributed by atoms with Crippen molar-refractivity contribution in [3.8, 4) is 0 Å². The summed E-state index contributed by atoms with van der Waals surface area (Å²) < 4.78 is 0. The van der Waals surface area contributed by atoms with E-state index in [0.29, 0.717) is 5.92 Å². The fourth-order valence-electron chi connectivity index (χ4n) is 2.37. The zero-order valence-corrected chi connectivity index (χ0v) is 8.90. The van der Waals surface area contributed by atoms with Gasteiger partial charge in [-0.25, -0.2) is 0 Å². The fraction of sp³-hybridized carbons (Fsp3) is 0.200. The van der Waals surface area contributed by atoms with Crippen molar-refractivity contribution >= 4 is 16.8 Å². The van der Waals surface area contributed by atoms with E-state index < -0.39 is 0 Å². The summed E-state index contributed by atoms with van der Waals surface area (Å²) in [6.07, 6.45) is 5.70. The quantitative estimate of drug-likeness (QED) is 0.584. The van der Waals surface area contributed by atoms with E-state index in [9.17, 15) is 0 Å². The van der Waals surface area contributed by atoms with Crippen molar-refractivity contribution < 1.29 is 0 Å². The predicted molar refractivity (Wildman–Crippen MR) is 66.0 cm³/mol. The van der Waals surface area contributed by atoms with Gasteiger partial charge in [-0.05, 0) is 40.3 Å². The minimum absolute atomic E-state index is 0.662. The Morgan fingerprint density at radius 1 is 1.07 bits per heavy atom. The van der Waals surface area contributed by atoms with Crippen LogP contribution < -0.4 is 0 Å². The number of hydrogen-bond acceptors (Lipinski definition) is 0. The molecule has 1 atom stereocenters. The lowest BCUT2D eigenvalue weighted by Gasteiger charge is -2.18. The first-order valence-electron chi connectivity index (χ1n) is 5.54. The Morgan fingerprint density at radius 2 is 1.80 bits per heavy atom. The van der Waals surface area contributed by atoms with E-state index in [1.807, 2.05) is 0 Å². The zero-order valence-electron chi connectivity index (χ0n) is 8.90. The molecule has 0 aliphatic heterocycles. The molecule has 0 saturated carbocycles. The van der Waals surface area contributed by atoms with Crippen LogP contribution in [0, 0.1) is 0 Å². The van der Waals surface area contributed by atoms with Crippen molar-refractivity contribution in [3.05, 3.63) is 53.6 Å². The number of rotatable bonds is 0. The minimum atomic E-state index is 0.662. The Kier molecular flexibility index (Phi) is 1.88. The molecule has 0 radical (unpaired) electrons. The third kappa shape index (κ3) is 1.37. The van der Waals surface area contributed by atoms with E-state index in [1.165, 1.54) is 28.3 Å². The third-order valence-electron chi connectivity index (χ3n) is 3.27. The second-order valence-electron chi connectivity index (χ2n) is 4.37. The first-order chi connectivity index (χ1) is 7.34. The van der Waals surface area contributed by atoms with Gasteiger partial charge in [0.15, 0.2) is 0 Å². The van der Waals surface area contributed by atoms with Crippen LogP contribution in [0.3, 0.4) is 0 Å². The summed E-state index contributed by atoms with van der Waals surface area (Å²) in [5.74, 6) is 0.662. The van der Waals surface area contributed by atoms with Crippen LogP contribution in [0.1, 0.15) is 30.4 Å². The average molecular weight is 194 g/mol. The van der Waals surface area contributed by atoms with E-state index in [2.05, 4.69) is 55.5 Å². The molecular weight excluding hydrogens is 180 g/mol. The molecule has 0 heteroatoms. The van der Waals surface area contributed by atoms with Gasteiger partial charge < -0.3 is 0 Å². The maximum atomic E-state index is 2.35. The molecule has 15 heavy (non-hydrogen) atoms. The van der Waals surface area contributed by atoms with E-state index in [4.69, 9.17) is 0 Å². The Hall–Kier alpha value is -1.56. The molecule has 0 spiro atoms. The lowest BCUT2D eigenvalue weighted by molar-refractivity contribution is 0.773. The van der Waals surface area contributed by atoms with Gasteiger partial charge in [-0.15, -0.1) is 0 Å². The first kappa shape index (κ1) is 8.72. The van der Waals surface area contributed by atoms with Gasteiger partial charge in [-0.2, -0.15) is 0 Å². The summed E-state index contributed by atoms with van der Waals surface area (Å²) in [7, 11) is 0. The molecule has 1 unspecified atom stereocenters. The van der Waals surface area contributed by atoms with Crippen LogP contribution in [0.2, 0.25) is 0 Å². The van der Waals surface area contributed by atoms with E-state index in [-0.39, 0.29) is 0 Å². The number of benzene rings is 2. The molecule has 2 aromatic rings. The molecule has 0 aromatic heterocycles. The summed E-state index contributed by atoms with van der Waals surface area (Å²) in [4.78, 5) is 0. The van der Waals surface area contributed by atoms with E-state index >= 15 is 0 Å². The summed E-state index contributed by atoms with van der Waals surface area (Å²) in [5, 5.41) is 2.70. The van der Waals surface area contributed by atoms with E-state index in [1.54, 1.807) is 0 Å². The topological polar surface area (TPSA) is 0 Å². The smallest absolute Gasteiger partial charge is 0.0150 e. The second kappa shape index (κ2) is 3.23. The van der Waals surface area contributed by atoms with Crippen molar-refractivity contribution in [1.82, 2.24) is 0 Å². The molecule has 0 heterocycles.